The molecule has 0 radical (unpaired) electrons. The number of phenolic OH excluding ortho intramolecular Hbond substituents is 1. The molecule has 0 spiro atoms. The van der Waals surface area contributed by atoms with Crippen LogP contribution in [0.3, 0.4) is 0 Å². The Balaban J connectivity index is 2.37. The van der Waals surface area contributed by atoms with Crippen LogP contribution >= 0.6 is 11.6 Å². The normalized spacial score (nSPS) is 16.4. The van der Waals surface area contributed by atoms with Gasteiger partial charge in [0.25, 0.3) is 0 Å². The zero-order chi connectivity index (χ0) is 9.71. The maximum atomic E-state index is 9.58. The minimum Gasteiger partial charge on any atom is -0.506 e. The molecule has 72 valence electrons. The lowest BCUT2D eigenvalue weighted by Gasteiger charge is -2.01. The Kier molecular flexibility index (Phi) is 1.53. The average Bonchev–Trinajstić information content (AvgIpc) is 2.91. The van der Waals surface area contributed by atoms with Gasteiger partial charge in [0.2, 0.25) is 5.28 Å². The molecule has 14 heavy (non-hydrogen) atoms. The van der Waals surface area contributed by atoms with Gasteiger partial charge in [-0.05, 0) is 36.6 Å². The van der Waals surface area contributed by atoms with Crippen LogP contribution in [-0.4, -0.2) is 14.7 Å². The van der Waals surface area contributed by atoms with E-state index >= 15 is 0 Å². The molecule has 1 aromatic carbocycles. The maximum Gasteiger partial charge on any atom is 0.204 e. The monoisotopic (exact) mass is 208 g/mol. The number of hydrogen-bond acceptors (Lipinski definition) is 2. The molecule has 0 saturated heterocycles. The second-order valence-electron chi connectivity index (χ2n) is 3.63. The Morgan fingerprint density at radius 3 is 2.93 bits per heavy atom. The van der Waals surface area contributed by atoms with Gasteiger partial charge in [-0.15, -0.1) is 0 Å². The fourth-order valence-electron chi connectivity index (χ4n) is 1.75. The third-order valence-electron chi connectivity index (χ3n) is 2.57. The van der Waals surface area contributed by atoms with Gasteiger partial charge < -0.3 is 9.67 Å². The summed E-state index contributed by atoms with van der Waals surface area (Å²) in [6, 6.07) is 5.86. The number of aromatic hydroxyl groups is 1. The van der Waals surface area contributed by atoms with Gasteiger partial charge in [0.1, 0.15) is 11.3 Å². The van der Waals surface area contributed by atoms with E-state index in [4.69, 9.17) is 11.6 Å². The van der Waals surface area contributed by atoms with Crippen molar-refractivity contribution in [2.45, 2.75) is 18.9 Å². The summed E-state index contributed by atoms with van der Waals surface area (Å²) in [6.45, 7) is 0. The lowest BCUT2D eigenvalue weighted by atomic mass is 10.3. The molecule has 3 nitrogen and oxygen atoms in total. The summed E-state index contributed by atoms with van der Waals surface area (Å²) in [7, 11) is 0. The molecule has 1 N–H and O–H groups in total. The van der Waals surface area contributed by atoms with E-state index in [1.54, 1.807) is 6.07 Å². The van der Waals surface area contributed by atoms with Crippen LogP contribution in [0, 0.1) is 0 Å². The summed E-state index contributed by atoms with van der Waals surface area (Å²) in [4.78, 5) is 4.15. The highest BCUT2D eigenvalue weighted by atomic mass is 35.5. The van der Waals surface area contributed by atoms with Crippen molar-refractivity contribution in [1.82, 2.24) is 9.55 Å². The fourth-order valence-corrected chi connectivity index (χ4v) is 2.07. The quantitative estimate of drug-likeness (QED) is 0.783. The topological polar surface area (TPSA) is 38.1 Å². The number of benzene rings is 1. The smallest absolute Gasteiger partial charge is 0.204 e. The van der Waals surface area contributed by atoms with Gasteiger partial charge in [-0.2, -0.15) is 0 Å². The number of hydrogen-bond donors (Lipinski definition) is 1. The lowest BCUT2D eigenvalue weighted by molar-refractivity contribution is 0.480. The number of aromatic nitrogens is 2. The fraction of sp³-hybridized carbons (Fsp3) is 0.300. The van der Waals surface area contributed by atoms with Crippen LogP contribution in [0.25, 0.3) is 11.0 Å². The molecule has 2 aromatic rings. The van der Waals surface area contributed by atoms with Gasteiger partial charge >= 0.3 is 0 Å². The second-order valence-corrected chi connectivity index (χ2v) is 3.96. The van der Waals surface area contributed by atoms with Gasteiger partial charge in [0, 0.05) is 6.04 Å². The first-order valence-corrected chi connectivity index (χ1v) is 5.00. The van der Waals surface area contributed by atoms with Crippen LogP contribution in [0.1, 0.15) is 18.9 Å². The molecule has 0 amide bonds. The summed E-state index contributed by atoms with van der Waals surface area (Å²) < 4.78 is 2.00. The summed E-state index contributed by atoms with van der Waals surface area (Å²) >= 11 is 6.02. The predicted molar refractivity (Wildman–Crippen MR) is 54.7 cm³/mol. The first kappa shape index (κ1) is 8.12. The average molecular weight is 209 g/mol. The standard InChI is InChI=1S/C10H9ClN2O/c11-10-12-9-7(2-1-3-8(9)14)13(10)6-4-5-6/h1-3,6,14H,4-5H2. The molecule has 4 heteroatoms. The first-order chi connectivity index (χ1) is 6.77. The molecule has 1 heterocycles. The molecule has 1 fully saturated rings. The number of halogens is 1. The number of fused-ring (bicyclic) bond motifs is 1. The molecular formula is C10H9ClN2O. The third-order valence-corrected chi connectivity index (χ3v) is 2.83. The van der Waals surface area contributed by atoms with Crippen LogP contribution < -0.4 is 0 Å². The van der Waals surface area contributed by atoms with Crippen molar-refractivity contribution in [3.05, 3.63) is 23.5 Å². The molecule has 1 aliphatic carbocycles. The van der Waals surface area contributed by atoms with Crippen molar-refractivity contribution in [3.63, 3.8) is 0 Å². The number of nitrogens with zero attached hydrogens (tertiary/aromatic N) is 2. The van der Waals surface area contributed by atoms with Gasteiger partial charge in [0.15, 0.2) is 0 Å². The summed E-state index contributed by atoms with van der Waals surface area (Å²) in [5, 5.41) is 10.1. The molecule has 1 aliphatic rings. The van der Waals surface area contributed by atoms with Crippen LogP contribution in [-0.2, 0) is 0 Å². The van der Waals surface area contributed by atoms with Crippen molar-refractivity contribution in [2.24, 2.45) is 0 Å². The molecule has 0 aliphatic heterocycles. The van der Waals surface area contributed by atoms with Crippen molar-refractivity contribution >= 4 is 22.6 Å². The maximum absolute atomic E-state index is 9.58. The molecule has 0 unspecified atom stereocenters. The van der Waals surface area contributed by atoms with E-state index in [9.17, 15) is 5.11 Å². The van der Waals surface area contributed by atoms with Gasteiger partial charge in [-0.3, -0.25) is 0 Å². The van der Waals surface area contributed by atoms with Crippen LogP contribution in [0.2, 0.25) is 5.28 Å². The van der Waals surface area contributed by atoms with E-state index in [1.165, 1.54) is 0 Å². The van der Waals surface area contributed by atoms with Crippen LogP contribution in [0.15, 0.2) is 18.2 Å². The van der Waals surface area contributed by atoms with Gasteiger partial charge in [0.05, 0.1) is 5.52 Å². The molecule has 0 atom stereocenters. The van der Waals surface area contributed by atoms with Gasteiger partial charge in [-0.1, -0.05) is 6.07 Å². The summed E-state index contributed by atoms with van der Waals surface area (Å²) in [5.74, 6) is 0.198. The molecule has 1 saturated carbocycles. The number of para-hydroxylation sites is 1. The molecule has 0 bridgehead atoms. The van der Waals surface area contributed by atoms with E-state index in [1.807, 2.05) is 16.7 Å². The second kappa shape index (κ2) is 2.64. The molecular weight excluding hydrogens is 200 g/mol. The highest BCUT2D eigenvalue weighted by Gasteiger charge is 2.28. The predicted octanol–water partition coefficient (Wildman–Crippen LogP) is 2.73. The Bertz CT molecular complexity index is 502. The Morgan fingerprint density at radius 1 is 1.43 bits per heavy atom. The summed E-state index contributed by atoms with van der Waals surface area (Å²) in [5.41, 5.74) is 1.53. The molecule has 3 rings (SSSR count). The molecule has 1 aromatic heterocycles. The summed E-state index contributed by atoms with van der Waals surface area (Å²) in [6.07, 6.45) is 2.31. The third kappa shape index (κ3) is 1.02. The van der Waals surface area contributed by atoms with Crippen molar-refractivity contribution in [1.29, 1.82) is 0 Å². The zero-order valence-corrected chi connectivity index (χ0v) is 8.20. The van der Waals surface area contributed by atoms with Crippen molar-refractivity contribution < 1.29 is 5.11 Å². The lowest BCUT2D eigenvalue weighted by Crippen LogP contribution is -1.92. The zero-order valence-electron chi connectivity index (χ0n) is 7.44. The Morgan fingerprint density at radius 2 is 2.21 bits per heavy atom. The number of rotatable bonds is 1. The largest absolute Gasteiger partial charge is 0.506 e. The minimum absolute atomic E-state index is 0.198. The van der Waals surface area contributed by atoms with Crippen molar-refractivity contribution in [3.8, 4) is 5.75 Å². The SMILES string of the molecule is Oc1cccc2c1nc(Cl)n2C1CC1. The number of phenols is 1. The van der Waals surface area contributed by atoms with Crippen LogP contribution in [0.5, 0.6) is 5.75 Å². The highest BCUT2D eigenvalue weighted by molar-refractivity contribution is 6.29. The van der Waals surface area contributed by atoms with E-state index in [-0.39, 0.29) is 5.75 Å². The Hall–Kier alpha value is -1.22. The van der Waals surface area contributed by atoms with E-state index in [0.717, 1.165) is 18.4 Å². The number of imidazole rings is 1. The Labute approximate surface area is 85.9 Å². The highest BCUT2D eigenvalue weighted by Crippen LogP contribution is 2.41. The first-order valence-electron chi connectivity index (χ1n) is 4.63. The van der Waals surface area contributed by atoms with E-state index in [0.29, 0.717) is 16.8 Å². The van der Waals surface area contributed by atoms with E-state index in [2.05, 4.69) is 4.98 Å². The van der Waals surface area contributed by atoms with E-state index < -0.39 is 0 Å². The van der Waals surface area contributed by atoms with Gasteiger partial charge in [-0.25, -0.2) is 4.98 Å². The van der Waals surface area contributed by atoms with Crippen molar-refractivity contribution in [2.75, 3.05) is 0 Å². The van der Waals surface area contributed by atoms with Crippen LogP contribution in [0.4, 0.5) is 0 Å². The minimum atomic E-state index is 0.198.